The van der Waals surface area contributed by atoms with Gasteiger partial charge >= 0.3 is 49.4 Å². The predicted octanol–water partition coefficient (Wildman–Crippen LogP) is 9.89. The molecule has 2 aliphatic heterocycles. The van der Waals surface area contributed by atoms with Crippen molar-refractivity contribution in [2.75, 3.05) is 39.6 Å². The maximum atomic E-state index is 14.5. The third-order valence-electron chi connectivity index (χ3n) is 9.33. The molecule has 64 heavy (non-hydrogen) atoms. The first-order chi connectivity index (χ1) is 28.7. The fourth-order valence-electron chi connectivity index (χ4n) is 6.09. The Morgan fingerprint density at radius 2 is 0.641 bits per heavy atom. The van der Waals surface area contributed by atoms with Gasteiger partial charge in [0.05, 0.1) is 39.6 Å². The summed E-state index contributed by atoms with van der Waals surface area (Å²) < 4.78 is 368. The normalized spacial score (nSPS) is 19.5. The van der Waals surface area contributed by atoms with Crippen molar-refractivity contribution in [1.82, 2.24) is 0 Å². The van der Waals surface area contributed by atoms with Crippen molar-refractivity contribution in [2.45, 2.75) is 90.1 Å². The average Bonchev–Trinajstić information content (AvgIpc) is 4.02. The van der Waals surface area contributed by atoms with Gasteiger partial charge in [0.1, 0.15) is 18.3 Å². The summed E-state index contributed by atoms with van der Waals surface area (Å²) in [7, 11) is 0. The fraction of sp³-hybridized carbons (Fsp3) is 0.636. The molecule has 2 aromatic rings. The van der Waals surface area contributed by atoms with Crippen LogP contribution >= 0.6 is 0 Å². The van der Waals surface area contributed by atoms with Crippen molar-refractivity contribution in [3.05, 3.63) is 70.8 Å². The topological polar surface area (TPSA) is 82.2 Å². The minimum Gasteiger partial charge on any atom is -0.388 e. The molecular formula is C33H24F24O7. The third-order valence-corrected chi connectivity index (χ3v) is 9.33. The largest absolute Gasteiger partial charge is 0.430 e. The Labute approximate surface area is 340 Å². The molecule has 3 atom stereocenters. The van der Waals surface area contributed by atoms with Crippen LogP contribution in [0, 0.1) is 0 Å². The van der Waals surface area contributed by atoms with E-state index in [1.807, 2.05) is 0 Å². The Balaban J connectivity index is 1.77. The molecule has 2 fully saturated rings. The summed E-state index contributed by atoms with van der Waals surface area (Å²) in [6.45, 7) is -9.50. The van der Waals surface area contributed by atoms with E-state index in [9.17, 15) is 110 Å². The van der Waals surface area contributed by atoms with E-state index >= 15 is 0 Å². The Bertz CT molecular complexity index is 1830. The molecule has 0 aromatic heterocycles. The zero-order valence-electron chi connectivity index (χ0n) is 30.6. The second-order valence-electron chi connectivity index (χ2n) is 13.7. The summed E-state index contributed by atoms with van der Waals surface area (Å²) in [5.74, 6) is 0. The summed E-state index contributed by atoms with van der Waals surface area (Å²) in [6.07, 6.45) is -61.0. The van der Waals surface area contributed by atoms with Crippen molar-refractivity contribution in [3.63, 3.8) is 0 Å². The van der Waals surface area contributed by atoms with Crippen molar-refractivity contribution in [3.8, 4) is 0 Å². The van der Waals surface area contributed by atoms with E-state index in [4.69, 9.17) is 0 Å². The summed E-state index contributed by atoms with van der Waals surface area (Å²) >= 11 is 0. The van der Waals surface area contributed by atoms with Crippen LogP contribution in [0.4, 0.5) is 105 Å². The lowest BCUT2D eigenvalue weighted by Crippen LogP contribution is -2.59. The summed E-state index contributed by atoms with van der Waals surface area (Å²) in [5, 5.41) is 10.2. The molecule has 3 unspecified atom stereocenters. The third kappa shape index (κ3) is 9.52. The van der Waals surface area contributed by atoms with E-state index in [2.05, 4.69) is 28.4 Å². The second-order valence-corrected chi connectivity index (χ2v) is 13.7. The maximum Gasteiger partial charge on any atom is 0.430 e. The highest BCUT2D eigenvalue weighted by molar-refractivity contribution is 5.38. The molecule has 366 valence electrons. The van der Waals surface area contributed by atoms with Gasteiger partial charge in [0.15, 0.2) is 0 Å². The van der Waals surface area contributed by atoms with Gasteiger partial charge in [-0.1, -0.05) is 42.5 Å². The van der Waals surface area contributed by atoms with E-state index in [1.165, 1.54) is 0 Å². The lowest BCUT2D eigenvalue weighted by Gasteiger charge is -2.41. The lowest BCUT2D eigenvalue weighted by molar-refractivity contribution is -0.400. The Morgan fingerprint density at radius 3 is 0.891 bits per heavy atom. The molecule has 2 aromatic carbocycles. The molecule has 0 amide bonds. The van der Waals surface area contributed by atoms with Gasteiger partial charge in [0, 0.05) is 22.3 Å². The van der Waals surface area contributed by atoms with E-state index in [0.29, 0.717) is 0 Å². The van der Waals surface area contributed by atoms with Gasteiger partial charge in [0.2, 0.25) is 0 Å². The van der Waals surface area contributed by atoms with Crippen molar-refractivity contribution in [2.24, 2.45) is 0 Å². The van der Waals surface area contributed by atoms with Crippen LogP contribution in [0.2, 0.25) is 0 Å². The first-order valence-corrected chi connectivity index (χ1v) is 16.9. The fourth-order valence-corrected chi connectivity index (χ4v) is 6.09. The molecule has 7 nitrogen and oxygen atoms in total. The Kier molecular flexibility index (Phi) is 14.1. The highest BCUT2D eigenvalue weighted by Crippen LogP contribution is 2.59. The van der Waals surface area contributed by atoms with Crippen LogP contribution in [0.1, 0.15) is 22.3 Å². The number of halogens is 24. The van der Waals surface area contributed by atoms with Gasteiger partial charge in [-0.15, -0.1) is 0 Å². The standard InChI is InChI=1S/C33H24F24O7/c34-26(35,36)22(27(37,38)39,15-4-6-16(7-5-15)23(28(40,41)42,29(43,44)45)63-13-20-11-59-20)61-9-19(58)10-62-24(30(46,47)48,31(49,50)51)17-2-1-3-18(8-17)25(32(52,53)54,33(55,56)57)64-14-21-12-60-21/h1-8,19-21,58H,9-14H2. The molecule has 0 radical (unpaired) electrons. The van der Waals surface area contributed by atoms with Crippen LogP contribution in [0.15, 0.2) is 48.5 Å². The average molecular weight is 989 g/mol. The van der Waals surface area contributed by atoms with Crippen LogP contribution in [-0.2, 0) is 50.8 Å². The van der Waals surface area contributed by atoms with E-state index < -0.39 is 188 Å². The van der Waals surface area contributed by atoms with Crippen molar-refractivity contribution >= 4 is 0 Å². The first kappa shape index (κ1) is 53.1. The summed E-state index contributed by atoms with van der Waals surface area (Å²) in [5.41, 5.74) is -33.2. The van der Waals surface area contributed by atoms with Crippen LogP contribution < -0.4 is 0 Å². The van der Waals surface area contributed by atoms with Crippen LogP contribution in [0.3, 0.4) is 0 Å². The Hall–Kier alpha value is -3.52. The first-order valence-electron chi connectivity index (χ1n) is 16.9. The highest BCUT2D eigenvalue weighted by atomic mass is 19.4. The van der Waals surface area contributed by atoms with Gasteiger partial charge in [-0.25, -0.2) is 0 Å². The van der Waals surface area contributed by atoms with Gasteiger partial charge in [-0.3, -0.25) is 0 Å². The minimum absolute atomic E-state index is 0.212. The van der Waals surface area contributed by atoms with Crippen LogP contribution in [-0.4, -0.2) is 112 Å². The van der Waals surface area contributed by atoms with E-state index in [0.717, 1.165) is 0 Å². The number of rotatable bonds is 16. The molecule has 31 heteroatoms. The molecule has 0 bridgehead atoms. The molecular weight excluding hydrogens is 964 g/mol. The number of epoxide rings is 2. The SMILES string of the molecule is OC(COC(c1ccc(C(OCC2CO2)(C(F)(F)F)C(F)(F)F)cc1)(C(F)(F)F)C(F)(F)F)COC(c1cccc(C(OCC2CO2)(C(F)(F)F)C(F)(F)F)c1)(C(F)(F)F)C(F)(F)F. The predicted molar refractivity (Wildman–Crippen MR) is 157 cm³/mol. The molecule has 2 heterocycles. The minimum atomic E-state index is -7.09. The van der Waals surface area contributed by atoms with Crippen LogP contribution in [0.5, 0.6) is 0 Å². The quantitative estimate of drug-likeness (QED) is 0.133. The lowest BCUT2D eigenvalue weighted by atomic mass is 9.85. The molecule has 2 aliphatic rings. The summed E-state index contributed by atoms with van der Waals surface area (Å²) in [4.78, 5) is 0. The van der Waals surface area contributed by atoms with Crippen molar-refractivity contribution < 1.29 is 139 Å². The van der Waals surface area contributed by atoms with Gasteiger partial charge < -0.3 is 33.5 Å². The molecule has 0 saturated carbocycles. The zero-order valence-corrected chi connectivity index (χ0v) is 30.6. The number of benzene rings is 2. The number of aliphatic hydroxyl groups is 1. The van der Waals surface area contributed by atoms with E-state index in [-0.39, 0.29) is 12.1 Å². The molecule has 2 saturated heterocycles. The smallest absolute Gasteiger partial charge is 0.388 e. The maximum absolute atomic E-state index is 14.5. The zero-order chi connectivity index (χ0) is 49.2. The highest BCUT2D eigenvalue weighted by Gasteiger charge is 2.78. The van der Waals surface area contributed by atoms with Crippen LogP contribution in [0.25, 0.3) is 0 Å². The molecule has 4 rings (SSSR count). The van der Waals surface area contributed by atoms with Gasteiger partial charge in [0.25, 0.3) is 22.4 Å². The molecule has 0 aliphatic carbocycles. The molecule has 0 spiro atoms. The van der Waals surface area contributed by atoms with Gasteiger partial charge in [-0.05, 0) is 6.07 Å². The second kappa shape index (κ2) is 17.0. The van der Waals surface area contributed by atoms with E-state index in [1.54, 1.807) is 0 Å². The van der Waals surface area contributed by atoms with Gasteiger partial charge in [-0.2, -0.15) is 105 Å². The number of hydrogen-bond acceptors (Lipinski definition) is 7. The number of aliphatic hydroxyl groups excluding tert-OH is 1. The Morgan fingerprint density at radius 1 is 0.406 bits per heavy atom. The van der Waals surface area contributed by atoms with Crippen molar-refractivity contribution in [1.29, 1.82) is 0 Å². The number of alkyl halides is 24. The summed E-state index contributed by atoms with van der Waals surface area (Å²) in [6, 6.07) is -4.35. The molecule has 1 N–H and O–H groups in total. The number of ether oxygens (including phenoxy) is 6. The number of hydrogen-bond donors (Lipinski definition) is 1. The monoisotopic (exact) mass is 988 g/mol.